The maximum Gasteiger partial charge on any atom is 0.243 e. The number of hydrogen-bond acceptors (Lipinski definition) is 5. The van der Waals surface area contributed by atoms with Gasteiger partial charge in [-0.15, -0.1) is 0 Å². The van der Waals surface area contributed by atoms with Crippen molar-refractivity contribution in [2.24, 2.45) is 0 Å². The van der Waals surface area contributed by atoms with E-state index >= 15 is 0 Å². The third kappa shape index (κ3) is 6.59. The van der Waals surface area contributed by atoms with Crippen LogP contribution in [-0.2, 0) is 19.2 Å². The number of fused-ring (bicyclic) bond motifs is 1. The molecule has 0 radical (unpaired) electrons. The lowest BCUT2D eigenvalue weighted by atomic mass is 10.1. The molecule has 0 saturated carbocycles. The van der Waals surface area contributed by atoms with Crippen molar-refractivity contribution in [3.63, 3.8) is 0 Å². The molecule has 2 aromatic rings. The number of amides is 4. The van der Waals surface area contributed by atoms with E-state index in [1.54, 1.807) is 43.1 Å². The second-order valence-electron chi connectivity index (χ2n) is 7.89. The molecular weight excluding hydrogens is 429 g/mol. The molecule has 0 fully saturated rings. The zero-order valence-corrected chi connectivity index (χ0v) is 18.4. The van der Waals surface area contributed by atoms with Crippen molar-refractivity contribution in [1.29, 1.82) is 0 Å². The molecule has 33 heavy (non-hydrogen) atoms. The summed E-state index contributed by atoms with van der Waals surface area (Å²) < 4.78 is 12.9. The minimum absolute atomic E-state index is 0.0535. The molecule has 0 spiro atoms. The van der Waals surface area contributed by atoms with Gasteiger partial charge in [-0.05, 0) is 50.4 Å². The van der Waals surface area contributed by atoms with Crippen LogP contribution in [0, 0.1) is 5.82 Å². The van der Waals surface area contributed by atoms with E-state index in [4.69, 9.17) is 0 Å². The van der Waals surface area contributed by atoms with Gasteiger partial charge in [0.05, 0.1) is 31.0 Å². The van der Waals surface area contributed by atoms with Crippen LogP contribution >= 0.6 is 0 Å². The molecule has 174 valence electrons. The topological polar surface area (TPSA) is 111 Å². The average Bonchev–Trinajstić information content (AvgIpc) is 2.87. The molecule has 1 atom stereocenters. The SMILES string of the molecule is CC1CC(=O)Nc2ccccc2N1C(=O)CN(C)CC(=O)NCC(=O)Nc1ccc(F)cc1. The number of carbonyl (C=O) groups is 4. The number of hydrogen-bond donors (Lipinski definition) is 3. The van der Waals surface area contributed by atoms with Gasteiger partial charge in [0.2, 0.25) is 23.6 Å². The van der Waals surface area contributed by atoms with E-state index in [1.165, 1.54) is 29.2 Å². The molecule has 1 heterocycles. The summed E-state index contributed by atoms with van der Waals surface area (Å²) in [5.74, 6) is -1.73. The fourth-order valence-electron chi connectivity index (χ4n) is 3.55. The second kappa shape index (κ2) is 10.7. The van der Waals surface area contributed by atoms with Crippen molar-refractivity contribution in [1.82, 2.24) is 10.2 Å². The first-order valence-corrected chi connectivity index (χ1v) is 10.4. The van der Waals surface area contributed by atoms with E-state index in [2.05, 4.69) is 16.0 Å². The Morgan fingerprint density at radius 2 is 1.79 bits per heavy atom. The summed E-state index contributed by atoms with van der Waals surface area (Å²) in [6.07, 6.45) is 0.161. The molecule has 1 aliphatic heterocycles. The van der Waals surface area contributed by atoms with Gasteiger partial charge in [0, 0.05) is 18.2 Å². The van der Waals surface area contributed by atoms with Gasteiger partial charge in [0.1, 0.15) is 5.82 Å². The van der Waals surface area contributed by atoms with Crippen LogP contribution in [0.2, 0.25) is 0 Å². The fourth-order valence-corrected chi connectivity index (χ4v) is 3.55. The van der Waals surface area contributed by atoms with Crippen LogP contribution < -0.4 is 20.9 Å². The quantitative estimate of drug-likeness (QED) is 0.587. The number of para-hydroxylation sites is 2. The van der Waals surface area contributed by atoms with Crippen LogP contribution in [0.5, 0.6) is 0 Å². The van der Waals surface area contributed by atoms with Gasteiger partial charge in [-0.25, -0.2) is 4.39 Å². The number of rotatable bonds is 7. The van der Waals surface area contributed by atoms with Crippen LogP contribution in [0.25, 0.3) is 0 Å². The van der Waals surface area contributed by atoms with E-state index < -0.39 is 17.6 Å². The lowest BCUT2D eigenvalue weighted by Gasteiger charge is -2.29. The van der Waals surface area contributed by atoms with Gasteiger partial charge in [-0.3, -0.25) is 24.1 Å². The summed E-state index contributed by atoms with van der Waals surface area (Å²) in [6, 6.07) is 12.0. The number of halogens is 1. The van der Waals surface area contributed by atoms with Crippen LogP contribution in [0.15, 0.2) is 48.5 Å². The van der Waals surface area contributed by atoms with E-state index in [9.17, 15) is 23.6 Å². The Morgan fingerprint density at radius 3 is 2.52 bits per heavy atom. The molecule has 10 heteroatoms. The largest absolute Gasteiger partial charge is 0.346 e. The lowest BCUT2D eigenvalue weighted by Crippen LogP contribution is -2.46. The van der Waals surface area contributed by atoms with Crippen LogP contribution in [-0.4, -0.2) is 61.3 Å². The normalized spacial score (nSPS) is 15.3. The Bertz CT molecular complexity index is 1040. The highest BCUT2D eigenvalue weighted by molar-refractivity contribution is 6.05. The number of benzene rings is 2. The highest BCUT2D eigenvalue weighted by Gasteiger charge is 2.30. The molecule has 0 aromatic heterocycles. The van der Waals surface area contributed by atoms with Gasteiger partial charge in [0.15, 0.2) is 0 Å². The summed E-state index contributed by atoms with van der Waals surface area (Å²) in [7, 11) is 1.62. The van der Waals surface area contributed by atoms with Crippen molar-refractivity contribution in [2.45, 2.75) is 19.4 Å². The van der Waals surface area contributed by atoms with Crippen molar-refractivity contribution in [3.8, 4) is 0 Å². The maximum atomic E-state index is 13.0. The lowest BCUT2D eigenvalue weighted by molar-refractivity contribution is -0.126. The van der Waals surface area contributed by atoms with Crippen molar-refractivity contribution in [3.05, 3.63) is 54.3 Å². The maximum absolute atomic E-state index is 13.0. The third-order valence-corrected chi connectivity index (χ3v) is 5.02. The van der Waals surface area contributed by atoms with Gasteiger partial charge < -0.3 is 20.9 Å². The minimum atomic E-state index is -0.458. The Balaban J connectivity index is 1.51. The number of nitrogens with zero attached hydrogens (tertiary/aromatic N) is 2. The summed E-state index contributed by atoms with van der Waals surface area (Å²) in [5, 5.41) is 7.84. The van der Waals surface area contributed by atoms with Gasteiger partial charge in [-0.2, -0.15) is 0 Å². The minimum Gasteiger partial charge on any atom is -0.346 e. The number of carbonyl (C=O) groups excluding carboxylic acids is 4. The Labute approximate surface area is 190 Å². The zero-order chi connectivity index (χ0) is 24.0. The Morgan fingerprint density at radius 1 is 1.09 bits per heavy atom. The second-order valence-corrected chi connectivity index (χ2v) is 7.89. The smallest absolute Gasteiger partial charge is 0.243 e. The van der Waals surface area contributed by atoms with E-state index in [-0.39, 0.29) is 43.9 Å². The molecule has 4 amide bonds. The predicted molar refractivity (Wildman–Crippen MR) is 122 cm³/mol. The van der Waals surface area contributed by atoms with Crippen molar-refractivity contribution >= 4 is 40.7 Å². The number of anilines is 3. The van der Waals surface area contributed by atoms with Crippen molar-refractivity contribution < 1.29 is 23.6 Å². The standard InChI is InChI=1S/C23H26FN5O4/c1-15-11-20(30)27-18-5-3-4-6-19(18)29(15)23(33)14-28(2)13-22(32)25-12-21(31)26-17-9-7-16(24)8-10-17/h3-10,15H,11-14H2,1-2H3,(H,25,32)(H,26,31)(H,27,30). The molecular formula is C23H26FN5O4. The Hall–Kier alpha value is -3.79. The molecule has 0 saturated heterocycles. The first-order chi connectivity index (χ1) is 15.7. The molecule has 3 N–H and O–H groups in total. The summed E-state index contributed by atoms with van der Waals surface area (Å²) in [4.78, 5) is 52.4. The Kier molecular flexibility index (Phi) is 7.73. The van der Waals surface area contributed by atoms with Crippen LogP contribution in [0.4, 0.5) is 21.5 Å². The van der Waals surface area contributed by atoms with E-state index in [0.717, 1.165) is 0 Å². The van der Waals surface area contributed by atoms with E-state index in [0.29, 0.717) is 17.1 Å². The molecule has 1 aliphatic rings. The van der Waals surface area contributed by atoms with E-state index in [1.807, 2.05) is 0 Å². The first kappa shape index (κ1) is 23.9. The third-order valence-electron chi connectivity index (χ3n) is 5.02. The summed E-state index contributed by atoms with van der Waals surface area (Å²) in [5.41, 5.74) is 1.59. The molecule has 2 aromatic carbocycles. The summed E-state index contributed by atoms with van der Waals surface area (Å²) >= 11 is 0. The average molecular weight is 455 g/mol. The highest BCUT2D eigenvalue weighted by Crippen LogP contribution is 2.31. The predicted octanol–water partition coefficient (Wildman–Crippen LogP) is 1.58. The van der Waals surface area contributed by atoms with Gasteiger partial charge in [-0.1, -0.05) is 12.1 Å². The molecule has 3 rings (SSSR count). The van der Waals surface area contributed by atoms with Gasteiger partial charge >= 0.3 is 0 Å². The monoisotopic (exact) mass is 455 g/mol. The van der Waals surface area contributed by atoms with Crippen LogP contribution in [0.1, 0.15) is 13.3 Å². The van der Waals surface area contributed by atoms with Crippen LogP contribution in [0.3, 0.4) is 0 Å². The van der Waals surface area contributed by atoms with Crippen molar-refractivity contribution in [2.75, 3.05) is 42.2 Å². The van der Waals surface area contributed by atoms with Gasteiger partial charge in [0.25, 0.3) is 0 Å². The molecule has 9 nitrogen and oxygen atoms in total. The fraction of sp³-hybridized carbons (Fsp3) is 0.304. The first-order valence-electron chi connectivity index (χ1n) is 10.4. The molecule has 1 unspecified atom stereocenters. The summed E-state index contributed by atoms with van der Waals surface area (Å²) in [6.45, 7) is 1.38. The number of nitrogens with one attached hydrogen (secondary N) is 3. The number of likely N-dealkylation sites (N-methyl/N-ethyl adjacent to an activating group) is 1. The zero-order valence-electron chi connectivity index (χ0n) is 18.4. The molecule has 0 bridgehead atoms. The highest BCUT2D eigenvalue weighted by atomic mass is 19.1. The molecule has 0 aliphatic carbocycles.